The Balaban J connectivity index is 1.42. The number of rotatable bonds is 6. The molecular formula is C20H26FN2O2+. The van der Waals surface area contributed by atoms with E-state index in [0.29, 0.717) is 13.2 Å². The summed E-state index contributed by atoms with van der Waals surface area (Å²) in [6.45, 7) is 6.73. The van der Waals surface area contributed by atoms with Crippen LogP contribution in [0, 0.1) is 12.7 Å². The van der Waals surface area contributed by atoms with Crippen molar-refractivity contribution in [2.24, 2.45) is 0 Å². The summed E-state index contributed by atoms with van der Waals surface area (Å²) in [6, 6.07) is 14.5. The van der Waals surface area contributed by atoms with Crippen LogP contribution in [0.1, 0.15) is 5.56 Å². The lowest BCUT2D eigenvalue weighted by Gasteiger charge is -2.34. The van der Waals surface area contributed by atoms with Crippen molar-refractivity contribution in [1.82, 2.24) is 0 Å². The highest BCUT2D eigenvalue weighted by Gasteiger charge is 2.23. The first-order valence-corrected chi connectivity index (χ1v) is 8.82. The van der Waals surface area contributed by atoms with Crippen LogP contribution in [-0.4, -0.2) is 50.5 Å². The largest absolute Gasteiger partial charge is 0.490 e. The number of piperazine rings is 1. The number of para-hydroxylation sites is 1. The smallest absolute Gasteiger partial charge is 0.137 e. The van der Waals surface area contributed by atoms with Gasteiger partial charge in [-0.15, -0.1) is 0 Å². The maximum atomic E-state index is 13.0. The van der Waals surface area contributed by atoms with Crippen LogP contribution in [0.2, 0.25) is 0 Å². The minimum Gasteiger partial charge on any atom is -0.490 e. The molecule has 1 aliphatic rings. The summed E-state index contributed by atoms with van der Waals surface area (Å²) in [6.07, 6.45) is -0.480. The van der Waals surface area contributed by atoms with Crippen molar-refractivity contribution in [3.63, 3.8) is 0 Å². The Kier molecular flexibility index (Phi) is 5.89. The summed E-state index contributed by atoms with van der Waals surface area (Å²) >= 11 is 0. The predicted octanol–water partition coefficient (Wildman–Crippen LogP) is 1.28. The number of aliphatic hydroxyl groups is 1. The number of halogens is 1. The van der Waals surface area contributed by atoms with Crippen molar-refractivity contribution in [2.75, 3.05) is 44.2 Å². The molecule has 25 heavy (non-hydrogen) atoms. The van der Waals surface area contributed by atoms with Gasteiger partial charge in [0.1, 0.15) is 30.8 Å². The number of aryl methyl sites for hydroxylation is 1. The van der Waals surface area contributed by atoms with Gasteiger partial charge in [0.25, 0.3) is 0 Å². The number of nitrogens with one attached hydrogen (secondary N) is 1. The fourth-order valence-electron chi connectivity index (χ4n) is 3.23. The van der Waals surface area contributed by atoms with Crippen molar-refractivity contribution in [1.29, 1.82) is 0 Å². The van der Waals surface area contributed by atoms with Crippen molar-refractivity contribution in [2.45, 2.75) is 13.0 Å². The third-order valence-corrected chi connectivity index (χ3v) is 4.71. The molecule has 0 unspecified atom stereocenters. The molecule has 5 heteroatoms. The van der Waals surface area contributed by atoms with E-state index in [1.165, 1.54) is 17.0 Å². The normalized spacial score (nSPS) is 16.7. The molecule has 2 aromatic rings. The Morgan fingerprint density at radius 3 is 2.48 bits per heavy atom. The van der Waals surface area contributed by atoms with E-state index in [2.05, 4.69) is 4.90 Å². The Morgan fingerprint density at radius 2 is 1.80 bits per heavy atom. The second-order valence-electron chi connectivity index (χ2n) is 6.65. The third kappa shape index (κ3) is 4.94. The molecule has 0 aromatic heterocycles. The zero-order valence-electron chi connectivity index (χ0n) is 14.6. The van der Waals surface area contributed by atoms with Gasteiger partial charge >= 0.3 is 0 Å². The number of benzene rings is 2. The molecule has 2 aromatic carbocycles. The highest BCUT2D eigenvalue weighted by Crippen LogP contribution is 2.16. The second kappa shape index (κ2) is 8.32. The number of hydrogen-bond donors (Lipinski definition) is 2. The number of aliphatic hydroxyl groups excluding tert-OH is 1. The molecule has 2 N–H and O–H groups in total. The van der Waals surface area contributed by atoms with E-state index in [1.807, 2.05) is 43.3 Å². The van der Waals surface area contributed by atoms with Gasteiger partial charge in [0.05, 0.1) is 26.2 Å². The van der Waals surface area contributed by atoms with Crippen LogP contribution in [0.15, 0.2) is 48.5 Å². The number of hydrogen-bond acceptors (Lipinski definition) is 3. The van der Waals surface area contributed by atoms with Gasteiger partial charge in [-0.2, -0.15) is 0 Å². The second-order valence-corrected chi connectivity index (χ2v) is 6.65. The molecule has 1 aliphatic heterocycles. The highest BCUT2D eigenvalue weighted by atomic mass is 19.1. The van der Waals surface area contributed by atoms with E-state index in [4.69, 9.17) is 4.74 Å². The standard InChI is InChI=1S/C20H25FN2O2/c1-16-4-2-3-5-20(16)25-15-19(24)14-22-10-12-23(13-11-22)18-8-6-17(21)7-9-18/h2-9,19,24H,10-15H2,1H3/p+1/t19-/m1/s1. The molecular weight excluding hydrogens is 319 g/mol. The lowest BCUT2D eigenvalue weighted by molar-refractivity contribution is -0.903. The predicted molar refractivity (Wildman–Crippen MR) is 96.9 cm³/mol. The maximum Gasteiger partial charge on any atom is 0.137 e. The summed E-state index contributed by atoms with van der Waals surface area (Å²) in [5.41, 5.74) is 2.14. The van der Waals surface area contributed by atoms with Crippen molar-refractivity contribution in [3.8, 4) is 5.75 Å². The topological polar surface area (TPSA) is 37.1 Å². The fraction of sp³-hybridized carbons (Fsp3) is 0.400. The van der Waals surface area contributed by atoms with Crippen LogP contribution in [0.4, 0.5) is 10.1 Å². The minimum atomic E-state index is -0.480. The van der Waals surface area contributed by atoms with E-state index in [-0.39, 0.29) is 5.82 Å². The Labute approximate surface area is 148 Å². The lowest BCUT2D eigenvalue weighted by atomic mass is 10.2. The van der Waals surface area contributed by atoms with Gasteiger partial charge in [-0.3, -0.25) is 0 Å². The van der Waals surface area contributed by atoms with Crippen LogP contribution >= 0.6 is 0 Å². The van der Waals surface area contributed by atoms with E-state index in [0.717, 1.165) is 43.2 Å². The van der Waals surface area contributed by atoms with Gasteiger partial charge in [0.2, 0.25) is 0 Å². The lowest BCUT2D eigenvalue weighted by Crippen LogP contribution is -3.16. The first kappa shape index (κ1) is 17.7. The van der Waals surface area contributed by atoms with E-state index < -0.39 is 6.10 Å². The van der Waals surface area contributed by atoms with E-state index >= 15 is 0 Å². The molecule has 0 amide bonds. The van der Waals surface area contributed by atoms with Gasteiger partial charge < -0.3 is 19.6 Å². The Morgan fingerprint density at radius 1 is 1.12 bits per heavy atom. The molecule has 0 spiro atoms. The number of nitrogens with zero attached hydrogens (tertiary/aromatic N) is 1. The van der Waals surface area contributed by atoms with E-state index in [9.17, 15) is 9.50 Å². The zero-order chi connectivity index (χ0) is 17.6. The zero-order valence-corrected chi connectivity index (χ0v) is 14.6. The summed E-state index contributed by atoms with van der Waals surface area (Å²) < 4.78 is 18.7. The van der Waals surface area contributed by atoms with Gasteiger partial charge in [0, 0.05) is 5.69 Å². The van der Waals surface area contributed by atoms with Crippen molar-refractivity contribution in [3.05, 3.63) is 59.9 Å². The summed E-state index contributed by atoms with van der Waals surface area (Å²) in [5.74, 6) is 0.627. The molecule has 0 aliphatic carbocycles. The van der Waals surface area contributed by atoms with Gasteiger partial charge in [0.15, 0.2) is 0 Å². The van der Waals surface area contributed by atoms with Crippen LogP contribution in [0.3, 0.4) is 0 Å². The van der Waals surface area contributed by atoms with Gasteiger partial charge in [-0.05, 0) is 42.8 Å². The van der Waals surface area contributed by atoms with Crippen LogP contribution in [0.25, 0.3) is 0 Å². The van der Waals surface area contributed by atoms with Crippen molar-refractivity contribution >= 4 is 5.69 Å². The van der Waals surface area contributed by atoms with Crippen LogP contribution < -0.4 is 14.5 Å². The summed E-state index contributed by atoms with van der Waals surface area (Å²) in [5, 5.41) is 10.3. The number of anilines is 1. The van der Waals surface area contributed by atoms with Crippen molar-refractivity contribution < 1.29 is 19.1 Å². The third-order valence-electron chi connectivity index (χ3n) is 4.71. The molecule has 0 radical (unpaired) electrons. The van der Waals surface area contributed by atoms with Crippen LogP contribution in [-0.2, 0) is 0 Å². The summed E-state index contributed by atoms with van der Waals surface area (Å²) in [4.78, 5) is 3.64. The summed E-state index contributed by atoms with van der Waals surface area (Å²) in [7, 11) is 0. The Bertz CT molecular complexity index is 670. The van der Waals surface area contributed by atoms with Gasteiger partial charge in [-0.1, -0.05) is 18.2 Å². The SMILES string of the molecule is Cc1ccccc1OC[C@H](O)C[NH+]1CCN(c2ccc(F)cc2)CC1. The number of quaternary nitrogens is 1. The number of ether oxygens (including phenoxy) is 1. The molecule has 4 nitrogen and oxygen atoms in total. The molecule has 134 valence electrons. The molecule has 0 bridgehead atoms. The monoisotopic (exact) mass is 345 g/mol. The first-order valence-electron chi connectivity index (χ1n) is 8.82. The quantitative estimate of drug-likeness (QED) is 0.828. The maximum absolute atomic E-state index is 13.0. The molecule has 1 saturated heterocycles. The molecule has 1 atom stereocenters. The minimum absolute atomic E-state index is 0.204. The van der Waals surface area contributed by atoms with Crippen LogP contribution in [0.5, 0.6) is 5.75 Å². The average Bonchev–Trinajstić information content (AvgIpc) is 2.62. The molecule has 1 heterocycles. The molecule has 0 saturated carbocycles. The first-order chi connectivity index (χ1) is 12.1. The Hall–Kier alpha value is -2.11. The average molecular weight is 345 g/mol. The molecule has 3 rings (SSSR count). The van der Waals surface area contributed by atoms with E-state index in [1.54, 1.807) is 0 Å². The molecule has 1 fully saturated rings. The fourth-order valence-corrected chi connectivity index (χ4v) is 3.23. The van der Waals surface area contributed by atoms with Gasteiger partial charge in [-0.25, -0.2) is 4.39 Å². The highest BCUT2D eigenvalue weighted by molar-refractivity contribution is 5.46.